The normalized spacial score (nSPS) is 22.7. The van der Waals surface area contributed by atoms with Crippen LogP contribution in [0.15, 0.2) is 0 Å². The second kappa shape index (κ2) is 4.61. The molecule has 0 heterocycles. The van der Waals surface area contributed by atoms with Crippen LogP contribution < -0.4 is 5.32 Å². The number of nitrogens with one attached hydrogen (secondary N) is 1. The third-order valence-corrected chi connectivity index (χ3v) is 2.97. The number of carbonyl (C=O) groups excluding carboxylic acids is 1. The van der Waals surface area contributed by atoms with E-state index in [-0.39, 0.29) is 0 Å². The highest BCUT2D eigenvalue weighted by molar-refractivity contribution is 5.79. The molecule has 0 aromatic carbocycles. The van der Waals surface area contributed by atoms with Crippen LogP contribution in [0.3, 0.4) is 0 Å². The summed E-state index contributed by atoms with van der Waals surface area (Å²) in [6.07, 6.45) is 4.98. The van der Waals surface area contributed by atoms with Crippen molar-refractivity contribution in [3.8, 4) is 0 Å². The number of hydrogen-bond acceptors (Lipinski definition) is 2. The monoisotopic (exact) mass is 169 g/mol. The first kappa shape index (κ1) is 9.72. The molecule has 1 atom stereocenters. The van der Waals surface area contributed by atoms with E-state index in [1.807, 2.05) is 7.05 Å². The first-order valence-electron chi connectivity index (χ1n) is 4.97. The molecule has 1 fully saturated rings. The minimum absolute atomic E-state index is 0.456. The maximum atomic E-state index is 11.0. The molecule has 0 aromatic heterocycles. The molecule has 0 amide bonds. The molecule has 1 aliphatic rings. The number of hydrogen-bond donors (Lipinski definition) is 1. The summed E-state index contributed by atoms with van der Waals surface area (Å²) in [7, 11) is 2.02. The number of ketones is 1. The molecule has 0 saturated heterocycles. The van der Waals surface area contributed by atoms with Gasteiger partial charge in [0.2, 0.25) is 0 Å². The van der Waals surface area contributed by atoms with Gasteiger partial charge in [-0.2, -0.15) is 0 Å². The molecular weight excluding hydrogens is 150 g/mol. The Bertz CT molecular complexity index is 142. The summed E-state index contributed by atoms with van der Waals surface area (Å²) in [6, 6.07) is 0.623. The van der Waals surface area contributed by atoms with Crippen LogP contribution in [0.2, 0.25) is 0 Å². The Labute approximate surface area is 74.7 Å². The highest BCUT2D eigenvalue weighted by atomic mass is 16.1. The molecule has 1 unspecified atom stereocenters. The Morgan fingerprint density at radius 1 is 1.50 bits per heavy atom. The van der Waals surface area contributed by atoms with E-state index in [4.69, 9.17) is 0 Å². The molecule has 2 heteroatoms. The smallest absolute Gasteiger partial charge is 0.132 e. The predicted octanol–water partition coefficient (Wildman–Crippen LogP) is 1.74. The molecule has 0 spiro atoms. The minimum Gasteiger partial charge on any atom is -0.317 e. The molecule has 0 bridgehead atoms. The van der Waals surface area contributed by atoms with E-state index in [1.165, 1.54) is 6.42 Å². The first-order chi connectivity index (χ1) is 5.77. The molecule has 1 saturated carbocycles. The Morgan fingerprint density at radius 2 is 2.08 bits per heavy atom. The van der Waals surface area contributed by atoms with Gasteiger partial charge in [-0.15, -0.1) is 0 Å². The zero-order valence-corrected chi connectivity index (χ0v) is 8.10. The van der Waals surface area contributed by atoms with Gasteiger partial charge >= 0.3 is 0 Å². The van der Waals surface area contributed by atoms with Gasteiger partial charge < -0.3 is 5.32 Å². The molecule has 0 radical (unpaired) electrons. The first-order valence-corrected chi connectivity index (χ1v) is 4.97. The number of Topliss-reactive ketones (excluding diaryl/α,β-unsaturated/α-hetero) is 1. The average molecular weight is 169 g/mol. The van der Waals surface area contributed by atoms with Crippen LogP contribution in [0.25, 0.3) is 0 Å². The molecule has 0 aliphatic heterocycles. The highest BCUT2D eigenvalue weighted by Crippen LogP contribution is 2.25. The SMILES string of the molecule is CCC(NC)C1CCC(=O)CC1. The fourth-order valence-corrected chi connectivity index (χ4v) is 2.14. The van der Waals surface area contributed by atoms with Crippen molar-refractivity contribution in [1.29, 1.82) is 0 Å². The van der Waals surface area contributed by atoms with Gasteiger partial charge in [0.15, 0.2) is 0 Å². The molecule has 1 aliphatic carbocycles. The van der Waals surface area contributed by atoms with Crippen LogP contribution in [0, 0.1) is 5.92 Å². The van der Waals surface area contributed by atoms with E-state index in [1.54, 1.807) is 0 Å². The Balaban J connectivity index is 2.37. The van der Waals surface area contributed by atoms with Gasteiger partial charge in [-0.25, -0.2) is 0 Å². The van der Waals surface area contributed by atoms with E-state index < -0.39 is 0 Å². The molecule has 2 nitrogen and oxygen atoms in total. The Hall–Kier alpha value is -0.370. The third-order valence-electron chi connectivity index (χ3n) is 2.97. The van der Waals surface area contributed by atoms with Crippen molar-refractivity contribution in [2.45, 2.75) is 45.1 Å². The summed E-state index contributed by atoms with van der Waals surface area (Å²) in [5.41, 5.74) is 0. The van der Waals surface area contributed by atoms with Gasteiger partial charge in [0.25, 0.3) is 0 Å². The van der Waals surface area contributed by atoms with Crippen LogP contribution in [-0.4, -0.2) is 18.9 Å². The number of rotatable bonds is 3. The summed E-state index contributed by atoms with van der Waals surface area (Å²) in [5.74, 6) is 1.19. The van der Waals surface area contributed by atoms with Gasteiger partial charge in [0.05, 0.1) is 0 Å². The summed E-state index contributed by atoms with van der Waals surface area (Å²) < 4.78 is 0. The second-order valence-electron chi connectivity index (χ2n) is 3.68. The fraction of sp³-hybridized carbons (Fsp3) is 0.900. The Morgan fingerprint density at radius 3 is 2.50 bits per heavy atom. The van der Waals surface area contributed by atoms with Crippen molar-refractivity contribution in [3.63, 3.8) is 0 Å². The van der Waals surface area contributed by atoms with Gasteiger partial charge in [-0.05, 0) is 32.2 Å². The lowest BCUT2D eigenvalue weighted by Crippen LogP contribution is -2.35. The van der Waals surface area contributed by atoms with Crippen LogP contribution in [0.4, 0.5) is 0 Å². The van der Waals surface area contributed by atoms with Crippen molar-refractivity contribution >= 4 is 5.78 Å². The van der Waals surface area contributed by atoms with Crippen LogP contribution in [0.5, 0.6) is 0 Å². The quantitative estimate of drug-likeness (QED) is 0.697. The number of carbonyl (C=O) groups is 1. The van der Waals surface area contributed by atoms with Gasteiger partial charge in [-0.3, -0.25) is 4.79 Å². The van der Waals surface area contributed by atoms with Gasteiger partial charge in [0.1, 0.15) is 5.78 Å². The summed E-state index contributed by atoms with van der Waals surface area (Å²) >= 11 is 0. The summed E-state index contributed by atoms with van der Waals surface area (Å²) in [6.45, 7) is 2.21. The molecule has 0 aromatic rings. The van der Waals surface area contributed by atoms with Crippen molar-refractivity contribution in [2.24, 2.45) is 5.92 Å². The van der Waals surface area contributed by atoms with E-state index in [0.29, 0.717) is 11.8 Å². The maximum absolute atomic E-state index is 11.0. The van der Waals surface area contributed by atoms with E-state index >= 15 is 0 Å². The lowest BCUT2D eigenvalue weighted by atomic mass is 9.82. The molecule has 70 valence electrons. The fourth-order valence-electron chi connectivity index (χ4n) is 2.14. The second-order valence-corrected chi connectivity index (χ2v) is 3.68. The van der Waals surface area contributed by atoms with Crippen LogP contribution >= 0.6 is 0 Å². The average Bonchev–Trinajstić information content (AvgIpc) is 2.10. The molecule has 1 N–H and O–H groups in total. The molecular formula is C10H19NO. The van der Waals surface area contributed by atoms with Crippen molar-refractivity contribution in [1.82, 2.24) is 5.32 Å². The van der Waals surface area contributed by atoms with E-state index in [9.17, 15) is 4.79 Å². The summed E-state index contributed by atoms with van der Waals surface area (Å²) in [4.78, 5) is 11.0. The molecule has 1 rings (SSSR count). The van der Waals surface area contributed by atoms with Gasteiger partial charge in [0, 0.05) is 18.9 Å². The van der Waals surface area contributed by atoms with E-state index in [0.717, 1.165) is 31.6 Å². The lowest BCUT2D eigenvalue weighted by Gasteiger charge is -2.28. The largest absolute Gasteiger partial charge is 0.317 e. The lowest BCUT2D eigenvalue weighted by molar-refractivity contribution is -0.121. The zero-order chi connectivity index (χ0) is 8.97. The summed E-state index contributed by atoms with van der Waals surface area (Å²) in [5, 5.41) is 3.32. The predicted molar refractivity (Wildman–Crippen MR) is 50.1 cm³/mol. The standard InChI is InChI=1S/C10H19NO/c1-3-10(11-2)8-4-6-9(12)7-5-8/h8,10-11H,3-7H2,1-2H3. The van der Waals surface area contributed by atoms with Crippen molar-refractivity contribution in [3.05, 3.63) is 0 Å². The van der Waals surface area contributed by atoms with Crippen molar-refractivity contribution < 1.29 is 4.79 Å². The van der Waals surface area contributed by atoms with Gasteiger partial charge in [-0.1, -0.05) is 6.92 Å². The highest BCUT2D eigenvalue weighted by Gasteiger charge is 2.23. The maximum Gasteiger partial charge on any atom is 0.132 e. The van der Waals surface area contributed by atoms with Crippen LogP contribution in [-0.2, 0) is 4.79 Å². The van der Waals surface area contributed by atoms with Crippen molar-refractivity contribution in [2.75, 3.05) is 7.05 Å². The third kappa shape index (κ3) is 2.31. The topological polar surface area (TPSA) is 29.1 Å². The zero-order valence-electron chi connectivity index (χ0n) is 8.10. The van der Waals surface area contributed by atoms with Crippen LogP contribution in [0.1, 0.15) is 39.0 Å². The minimum atomic E-state index is 0.456. The molecule has 12 heavy (non-hydrogen) atoms. The van der Waals surface area contributed by atoms with E-state index in [2.05, 4.69) is 12.2 Å². The Kier molecular flexibility index (Phi) is 3.73.